The third kappa shape index (κ3) is 6.00. The van der Waals surface area contributed by atoms with Crippen molar-refractivity contribution in [1.29, 1.82) is 0 Å². The zero-order chi connectivity index (χ0) is 19.3. The molecule has 8 nitrogen and oxygen atoms in total. The maximum Gasteiger partial charge on any atom is 0.228 e. The van der Waals surface area contributed by atoms with Crippen molar-refractivity contribution in [2.24, 2.45) is 5.92 Å². The van der Waals surface area contributed by atoms with Gasteiger partial charge in [0, 0.05) is 38.4 Å². The quantitative estimate of drug-likeness (QED) is 0.751. The van der Waals surface area contributed by atoms with Gasteiger partial charge in [-0.3, -0.25) is 4.79 Å². The summed E-state index contributed by atoms with van der Waals surface area (Å²) in [5.41, 5.74) is 0. The van der Waals surface area contributed by atoms with E-state index in [-0.39, 0.29) is 11.8 Å². The summed E-state index contributed by atoms with van der Waals surface area (Å²) in [4.78, 5) is 16.5. The minimum Gasteiger partial charge on any atom is -0.356 e. The molecule has 1 amide bonds. The van der Waals surface area contributed by atoms with Crippen LogP contribution in [-0.4, -0.2) is 54.7 Å². The molecular formula is C18H30N4O4S. The Labute approximate surface area is 161 Å². The second-order valence-corrected chi connectivity index (χ2v) is 9.77. The first-order valence-electron chi connectivity index (χ1n) is 9.96. The highest BCUT2D eigenvalue weighted by Crippen LogP contribution is 2.27. The van der Waals surface area contributed by atoms with E-state index in [4.69, 9.17) is 4.52 Å². The third-order valence-electron chi connectivity index (χ3n) is 5.63. The van der Waals surface area contributed by atoms with Crippen molar-refractivity contribution in [3.8, 4) is 0 Å². The number of sulfonamides is 1. The van der Waals surface area contributed by atoms with Crippen molar-refractivity contribution in [3.63, 3.8) is 0 Å². The van der Waals surface area contributed by atoms with Crippen molar-refractivity contribution in [2.75, 3.05) is 25.9 Å². The number of rotatable bonds is 7. The van der Waals surface area contributed by atoms with Crippen LogP contribution in [0, 0.1) is 5.92 Å². The number of piperidine rings is 1. The summed E-state index contributed by atoms with van der Waals surface area (Å²) in [5.74, 6) is 1.93. The van der Waals surface area contributed by atoms with Crippen molar-refractivity contribution in [1.82, 2.24) is 19.8 Å². The summed E-state index contributed by atoms with van der Waals surface area (Å²) in [5, 5.41) is 7.00. The lowest BCUT2D eigenvalue weighted by Crippen LogP contribution is -2.37. The number of hydrogen-bond acceptors (Lipinski definition) is 6. The first-order chi connectivity index (χ1) is 12.9. The van der Waals surface area contributed by atoms with Gasteiger partial charge in [-0.2, -0.15) is 4.98 Å². The van der Waals surface area contributed by atoms with E-state index >= 15 is 0 Å². The maximum atomic E-state index is 12.0. The molecule has 0 unspecified atom stereocenters. The minimum absolute atomic E-state index is 0.106. The second kappa shape index (κ2) is 9.14. The molecule has 1 aliphatic carbocycles. The van der Waals surface area contributed by atoms with Gasteiger partial charge in [0.1, 0.15) is 0 Å². The Morgan fingerprint density at radius 2 is 1.89 bits per heavy atom. The summed E-state index contributed by atoms with van der Waals surface area (Å²) in [7, 11) is -3.13. The molecule has 1 aromatic heterocycles. The first kappa shape index (κ1) is 20.3. The molecule has 2 fully saturated rings. The molecule has 1 aromatic rings. The number of nitrogens with one attached hydrogen (secondary N) is 1. The zero-order valence-electron chi connectivity index (χ0n) is 16.0. The highest BCUT2D eigenvalue weighted by atomic mass is 32.2. The van der Waals surface area contributed by atoms with Crippen LogP contribution in [-0.2, 0) is 21.2 Å². The molecule has 0 aromatic carbocycles. The van der Waals surface area contributed by atoms with Crippen LogP contribution in [0.5, 0.6) is 0 Å². The van der Waals surface area contributed by atoms with Gasteiger partial charge in [-0.25, -0.2) is 12.7 Å². The van der Waals surface area contributed by atoms with E-state index in [1.54, 1.807) is 0 Å². The molecule has 3 rings (SSSR count). The second-order valence-electron chi connectivity index (χ2n) is 7.79. The molecule has 1 saturated heterocycles. The van der Waals surface area contributed by atoms with Crippen molar-refractivity contribution in [2.45, 2.75) is 63.7 Å². The SMILES string of the molecule is CS(=O)(=O)N1CCC(c2noc(CCNC(=O)CC3CCCCC3)n2)CC1. The zero-order valence-corrected chi connectivity index (χ0v) is 16.8. The molecule has 2 aliphatic rings. The summed E-state index contributed by atoms with van der Waals surface area (Å²) in [6.07, 6.45) is 9.88. The molecule has 27 heavy (non-hydrogen) atoms. The van der Waals surface area contributed by atoms with Gasteiger partial charge in [0.05, 0.1) is 6.26 Å². The van der Waals surface area contributed by atoms with E-state index < -0.39 is 10.0 Å². The Bertz CT molecular complexity index is 719. The van der Waals surface area contributed by atoms with Gasteiger partial charge < -0.3 is 9.84 Å². The standard InChI is InChI=1S/C18H30N4O4S/c1-27(24,25)22-11-8-15(9-12-22)18-20-17(26-21-18)7-10-19-16(23)13-14-5-3-2-4-6-14/h14-15H,2-13H2,1H3,(H,19,23). The normalized spacial score (nSPS) is 20.6. The van der Waals surface area contributed by atoms with Crippen LogP contribution in [0.3, 0.4) is 0 Å². The average molecular weight is 399 g/mol. The van der Waals surface area contributed by atoms with Crippen molar-refractivity contribution < 1.29 is 17.7 Å². The molecule has 1 N–H and O–H groups in total. The van der Waals surface area contributed by atoms with Crippen molar-refractivity contribution >= 4 is 15.9 Å². The molecule has 152 valence electrons. The monoisotopic (exact) mass is 398 g/mol. The van der Waals surface area contributed by atoms with Gasteiger partial charge >= 0.3 is 0 Å². The molecule has 1 aliphatic heterocycles. The predicted molar refractivity (Wildman–Crippen MR) is 101 cm³/mol. The third-order valence-corrected chi connectivity index (χ3v) is 6.93. The van der Waals surface area contributed by atoms with E-state index in [1.165, 1.54) is 42.7 Å². The molecule has 0 bridgehead atoms. The molecule has 0 spiro atoms. The molecular weight excluding hydrogens is 368 g/mol. The Morgan fingerprint density at radius 1 is 1.19 bits per heavy atom. The van der Waals surface area contributed by atoms with Crippen LogP contribution >= 0.6 is 0 Å². The summed E-state index contributed by atoms with van der Waals surface area (Å²) in [6, 6.07) is 0. The van der Waals surface area contributed by atoms with E-state index in [1.807, 2.05) is 0 Å². The van der Waals surface area contributed by atoms with Crippen LogP contribution in [0.4, 0.5) is 0 Å². The Morgan fingerprint density at radius 3 is 2.56 bits per heavy atom. The highest BCUT2D eigenvalue weighted by molar-refractivity contribution is 7.88. The number of nitrogens with zero attached hydrogens (tertiary/aromatic N) is 3. The number of aromatic nitrogens is 2. The number of amides is 1. The Kier molecular flexibility index (Phi) is 6.86. The van der Waals surface area contributed by atoms with Gasteiger partial charge in [-0.1, -0.05) is 24.4 Å². The molecule has 2 heterocycles. The smallest absolute Gasteiger partial charge is 0.228 e. The van der Waals surface area contributed by atoms with Crippen LogP contribution in [0.2, 0.25) is 0 Å². The van der Waals surface area contributed by atoms with Gasteiger partial charge in [0.2, 0.25) is 21.8 Å². The van der Waals surface area contributed by atoms with E-state index in [0.29, 0.717) is 63.0 Å². The molecule has 0 radical (unpaired) electrons. The van der Waals surface area contributed by atoms with E-state index in [2.05, 4.69) is 15.5 Å². The lowest BCUT2D eigenvalue weighted by Gasteiger charge is -2.28. The van der Waals surface area contributed by atoms with Crippen LogP contribution in [0.25, 0.3) is 0 Å². The number of carbonyl (C=O) groups is 1. The molecule has 9 heteroatoms. The lowest BCUT2D eigenvalue weighted by molar-refractivity contribution is -0.122. The van der Waals surface area contributed by atoms with E-state index in [0.717, 1.165) is 0 Å². The van der Waals surface area contributed by atoms with Crippen LogP contribution < -0.4 is 5.32 Å². The van der Waals surface area contributed by atoms with Gasteiger partial charge in [-0.05, 0) is 31.6 Å². The number of carbonyl (C=O) groups excluding carboxylic acids is 1. The topological polar surface area (TPSA) is 105 Å². The number of hydrogen-bond donors (Lipinski definition) is 1. The predicted octanol–water partition coefficient (Wildman–Crippen LogP) is 1.84. The first-order valence-corrected chi connectivity index (χ1v) is 11.8. The Balaban J connectivity index is 1.39. The lowest BCUT2D eigenvalue weighted by atomic mass is 9.87. The van der Waals surface area contributed by atoms with Gasteiger partial charge in [0.25, 0.3) is 0 Å². The van der Waals surface area contributed by atoms with Gasteiger partial charge in [-0.15, -0.1) is 0 Å². The summed E-state index contributed by atoms with van der Waals surface area (Å²) < 4.78 is 29.9. The fourth-order valence-electron chi connectivity index (χ4n) is 4.02. The molecule has 1 saturated carbocycles. The van der Waals surface area contributed by atoms with Gasteiger partial charge in [0.15, 0.2) is 5.82 Å². The average Bonchev–Trinajstić information content (AvgIpc) is 3.11. The van der Waals surface area contributed by atoms with Crippen LogP contribution in [0.15, 0.2) is 4.52 Å². The van der Waals surface area contributed by atoms with E-state index in [9.17, 15) is 13.2 Å². The van der Waals surface area contributed by atoms with Crippen molar-refractivity contribution in [3.05, 3.63) is 11.7 Å². The largest absolute Gasteiger partial charge is 0.356 e. The maximum absolute atomic E-state index is 12.0. The minimum atomic E-state index is -3.13. The summed E-state index contributed by atoms with van der Waals surface area (Å²) in [6.45, 7) is 1.48. The highest BCUT2D eigenvalue weighted by Gasteiger charge is 2.28. The Hall–Kier alpha value is -1.48. The fourth-order valence-corrected chi connectivity index (χ4v) is 4.89. The summed E-state index contributed by atoms with van der Waals surface area (Å²) >= 11 is 0. The van der Waals surface area contributed by atoms with Crippen LogP contribution in [0.1, 0.15) is 69.0 Å². The molecule has 0 atom stereocenters. The fraction of sp³-hybridized carbons (Fsp3) is 0.833.